The van der Waals surface area contributed by atoms with Crippen molar-refractivity contribution in [1.29, 1.82) is 0 Å². The topological polar surface area (TPSA) is 0 Å². The highest BCUT2D eigenvalue weighted by atomic mass is 14.3. The molecule has 0 unspecified atom stereocenters. The van der Waals surface area contributed by atoms with Crippen LogP contribution in [-0.2, 0) is 0 Å². The molecule has 0 aliphatic heterocycles. The first-order valence-electron chi connectivity index (χ1n) is 6.15. The van der Waals surface area contributed by atoms with E-state index in [2.05, 4.69) is 41.5 Å². The summed E-state index contributed by atoms with van der Waals surface area (Å²) in [7, 11) is 0. The Morgan fingerprint density at radius 1 is 0.786 bits per heavy atom. The van der Waals surface area contributed by atoms with Gasteiger partial charge in [-0.2, -0.15) is 0 Å². The molecule has 0 spiro atoms. The molecule has 1 rings (SSSR count). The Morgan fingerprint density at radius 2 is 1.14 bits per heavy atom. The van der Waals surface area contributed by atoms with Gasteiger partial charge in [0.25, 0.3) is 0 Å². The second-order valence-electron chi connectivity index (χ2n) is 5.77. The smallest absolute Gasteiger partial charge is 0.0257 e. The van der Waals surface area contributed by atoms with Gasteiger partial charge < -0.3 is 0 Å². The molecule has 0 N–H and O–H groups in total. The fourth-order valence-electron chi connectivity index (χ4n) is 2.58. The van der Waals surface area contributed by atoms with E-state index in [1.807, 2.05) is 0 Å². The van der Waals surface area contributed by atoms with Crippen LogP contribution in [-0.4, -0.2) is 0 Å². The summed E-state index contributed by atoms with van der Waals surface area (Å²) >= 11 is 0. The maximum absolute atomic E-state index is 2.37. The summed E-state index contributed by atoms with van der Waals surface area (Å²) in [6.45, 7) is 14.1. The van der Waals surface area contributed by atoms with Crippen LogP contribution in [0.25, 0.3) is 0 Å². The molecule has 0 radical (unpaired) electrons. The first kappa shape index (κ1) is 11.8. The van der Waals surface area contributed by atoms with Crippen LogP contribution in [0, 0.1) is 23.7 Å². The highest BCUT2D eigenvalue weighted by molar-refractivity contribution is 5.24. The number of allylic oxidation sites excluding steroid dienone is 2. The van der Waals surface area contributed by atoms with Crippen molar-refractivity contribution in [2.45, 2.75) is 54.4 Å². The second kappa shape index (κ2) is 4.51. The van der Waals surface area contributed by atoms with Gasteiger partial charge in [-0.05, 0) is 36.5 Å². The lowest BCUT2D eigenvalue weighted by Gasteiger charge is -2.15. The average molecular weight is 194 g/mol. The van der Waals surface area contributed by atoms with E-state index in [9.17, 15) is 0 Å². The van der Waals surface area contributed by atoms with E-state index in [0.29, 0.717) is 0 Å². The predicted octanol–water partition coefficient (Wildman–Crippen LogP) is 4.66. The lowest BCUT2D eigenvalue weighted by atomic mass is 9.90. The lowest BCUT2D eigenvalue weighted by Crippen LogP contribution is -2.05. The Hall–Kier alpha value is -0.260. The van der Waals surface area contributed by atoms with E-state index in [1.54, 1.807) is 11.1 Å². The average Bonchev–Trinajstić information content (AvgIpc) is 2.47. The normalized spacial score (nSPS) is 19.5. The minimum absolute atomic E-state index is 0.760. The quantitative estimate of drug-likeness (QED) is 0.573. The van der Waals surface area contributed by atoms with E-state index in [1.165, 1.54) is 12.8 Å². The lowest BCUT2D eigenvalue weighted by molar-refractivity contribution is 0.392. The minimum Gasteiger partial charge on any atom is -0.0679 e. The summed E-state index contributed by atoms with van der Waals surface area (Å²) in [4.78, 5) is 0. The molecule has 0 heterocycles. The Balaban J connectivity index is 2.79. The maximum atomic E-state index is 2.37. The van der Waals surface area contributed by atoms with Gasteiger partial charge in [0.05, 0.1) is 0 Å². The van der Waals surface area contributed by atoms with Crippen LogP contribution in [0.2, 0.25) is 0 Å². The predicted molar refractivity (Wildman–Crippen MR) is 64.3 cm³/mol. The number of rotatable bonds is 3. The van der Waals surface area contributed by atoms with E-state index in [4.69, 9.17) is 0 Å². The third-order valence-corrected chi connectivity index (χ3v) is 3.71. The van der Waals surface area contributed by atoms with Crippen molar-refractivity contribution >= 4 is 0 Å². The molecule has 0 aromatic carbocycles. The highest BCUT2D eigenvalue weighted by Crippen LogP contribution is 2.42. The number of hydrogen-bond acceptors (Lipinski definition) is 0. The van der Waals surface area contributed by atoms with Crippen LogP contribution in [0.1, 0.15) is 54.4 Å². The summed E-state index contributed by atoms with van der Waals surface area (Å²) in [5, 5.41) is 0. The van der Waals surface area contributed by atoms with Crippen molar-refractivity contribution in [3.8, 4) is 0 Å². The van der Waals surface area contributed by atoms with Crippen molar-refractivity contribution in [1.82, 2.24) is 0 Å². The van der Waals surface area contributed by atoms with Gasteiger partial charge in [0.1, 0.15) is 0 Å². The summed E-state index contributed by atoms with van der Waals surface area (Å²) < 4.78 is 0. The molecular weight excluding hydrogens is 168 g/mol. The highest BCUT2D eigenvalue weighted by Gasteiger charge is 2.28. The fourth-order valence-corrected chi connectivity index (χ4v) is 2.58. The zero-order valence-electron chi connectivity index (χ0n) is 10.7. The SMILES string of the molecule is CC(C)C1=C(C(C)C)CC(C(C)C)C1. The molecule has 0 bridgehead atoms. The Bertz CT molecular complexity index is 198. The molecule has 0 fully saturated rings. The van der Waals surface area contributed by atoms with Crippen molar-refractivity contribution in [2.75, 3.05) is 0 Å². The van der Waals surface area contributed by atoms with Gasteiger partial charge in [0.2, 0.25) is 0 Å². The van der Waals surface area contributed by atoms with Crippen molar-refractivity contribution in [3.63, 3.8) is 0 Å². The Morgan fingerprint density at radius 3 is 1.36 bits per heavy atom. The summed E-state index contributed by atoms with van der Waals surface area (Å²) in [6.07, 6.45) is 2.73. The van der Waals surface area contributed by atoms with E-state index in [0.717, 1.165) is 23.7 Å². The van der Waals surface area contributed by atoms with Crippen LogP contribution in [0.3, 0.4) is 0 Å². The molecule has 1 aliphatic rings. The molecule has 0 amide bonds. The standard InChI is InChI=1S/C14H26/c1-9(2)12-7-13(10(3)4)14(8-12)11(5)6/h9-12H,7-8H2,1-6H3. The molecule has 14 heavy (non-hydrogen) atoms. The van der Waals surface area contributed by atoms with Gasteiger partial charge in [-0.1, -0.05) is 52.7 Å². The Labute approximate surface area is 89.8 Å². The summed E-state index contributed by atoms with van der Waals surface area (Å²) in [6, 6.07) is 0. The van der Waals surface area contributed by atoms with E-state index in [-0.39, 0.29) is 0 Å². The van der Waals surface area contributed by atoms with Crippen LogP contribution < -0.4 is 0 Å². The van der Waals surface area contributed by atoms with E-state index < -0.39 is 0 Å². The van der Waals surface area contributed by atoms with Crippen LogP contribution in [0.15, 0.2) is 11.1 Å². The van der Waals surface area contributed by atoms with Gasteiger partial charge in [-0.15, -0.1) is 0 Å². The summed E-state index contributed by atoms with van der Waals surface area (Å²) in [5.41, 5.74) is 3.53. The first-order chi connectivity index (χ1) is 6.43. The van der Waals surface area contributed by atoms with Gasteiger partial charge in [-0.3, -0.25) is 0 Å². The molecule has 0 nitrogen and oxygen atoms in total. The monoisotopic (exact) mass is 194 g/mol. The van der Waals surface area contributed by atoms with Gasteiger partial charge in [0.15, 0.2) is 0 Å². The molecular formula is C14H26. The van der Waals surface area contributed by atoms with Crippen LogP contribution in [0.5, 0.6) is 0 Å². The van der Waals surface area contributed by atoms with Crippen molar-refractivity contribution in [3.05, 3.63) is 11.1 Å². The molecule has 0 atom stereocenters. The Kier molecular flexibility index (Phi) is 3.80. The molecule has 0 aromatic rings. The summed E-state index contributed by atoms with van der Waals surface area (Å²) in [5.74, 6) is 3.29. The minimum atomic E-state index is 0.760. The van der Waals surface area contributed by atoms with Gasteiger partial charge >= 0.3 is 0 Å². The molecule has 0 heteroatoms. The van der Waals surface area contributed by atoms with Crippen LogP contribution in [0.4, 0.5) is 0 Å². The molecule has 0 saturated heterocycles. The second-order valence-corrected chi connectivity index (χ2v) is 5.77. The molecule has 1 aliphatic carbocycles. The molecule has 82 valence electrons. The first-order valence-corrected chi connectivity index (χ1v) is 6.15. The van der Waals surface area contributed by atoms with Crippen LogP contribution >= 0.6 is 0 Å². The molecule has 0 aromatic heterocycles. The largest absolute Gasteiger partial charge is 0.0679 e. The maximum Gasteiger partial charge on any atom is -0.0257 e. The van der Waals surface area contributed by atoms with Crippen molar-refractivity contribution in [2.24, 2.45) is 23.7 Å². The fraction of sp³-hybridized carbons (Fsp3) is 0.857. The third-order valence-electron chi connectivity index (χ3n) is 3.71. The van der Waals surface area contributed by atoms with Crippen molar-refractivity contribution < 1.29 is 0 Å². The van der Waals surface area contributed by atoms with Gasteiger partial charge in [0, 0.05) is 0 Å². The van der Waals surface area contributed by atoms with Gasteiger partial charge in [-0.25, -0.2) is 0 Å². The number of hydrogen-bond donors (Lipinski definition) is 0. The van der Waals surface area contributed by atoms with E-state index >= 15 is 0 Å². The molecule has 0 saturated carbocycles. The zero-order chi connectivity index (χ0) is 10.9. The third kappa shape index (κ3) is 2.40. The zero-order valence-corrected chi connectivity index (χ0v) is 10.7.